The first kappa shape index (κ1) is 21.3. The molecule has 1 aliphatic heterocycles. The standard InChI is InChI=1S/C20H33N3O4/c1-5-27-19-12-16(6-7-18(19)25-4)13-22-20(21-2)23-9-8-17(14-23)15-26-11-10-24-3/h6-7,12,17H,5,8-11,13-15H2,1-4H3,(H,21,22). The molecule has 1 atom stereocenters. The lowest BCUT2D eigenvalue weighted by molar-refractivity contribution is 0.0536. The van der Waals surface area contributed by atoms with E-state index in [9.17, 15) is 0 Å². The zero-order chi connectivity index (χ0) is 19.5. The first-order valence-electron chi connectivity index (χ1n) is 9.53. The molecule has 152 valence electrons. The third kappa shape index (κ3) is 6.59. The zero-order valence-electron chi connectivity index (χ0n) is 17.0. The molecule has 0 saturated carbocycles. The van der Waals surface area contributed by atoms with Gasteiger partial charge in [0.05, 0.1) is 33.5 Å². The summed E-state index contributed by atoms with van der Waals surface area (Å²) >= 11 is 0. The van der Waals surface area contributed by atoms with Gasteiger partial charge in [-0.25, -0.2) is 0 Å². The van der Waals surface area contributed by atoms with Gasteiger partial charge in [-0.2, -0.15) is 0 Å². The van der Waals surface area contributed by atoms with Crippen molar-refractivity contribution in [3.8, 4) is 11.5 Å². The second-order valence-corrected chi connectivity index (χ2v) is 6.49. The Bertz CT molecular complexity index is 595. The van der Waals surface area contributed by atoms with Crippen molar-refractivity contribution < 1.29 is 18.9 Å². The van der Waals surface area contributed by atoms with Gasteiger partial charge >= 0.3 is 0 Å². The summed E-state index contributed by atoms with van der Waals surface area (Å²) in [5.41, 5.74) is 1.12. The lowest BCUT2D eigenvalue weighted by Crippen LogP contribution is -2.39. The van der Waals surface area contributed by atoms with Gasteiger partial charge in [0.2, 0.25) is 0 Å². The van der Waals surface area contributed by atoms with Gasteiger partial charge in [0, 0.05) is 39.7 Å². The molecule has 7 heteroatoms. The number of hydrogen-bond donors (Lipinski definition) is 1. The molecule has 1 N–H and O–H groups in total. The number of nitrogens with zero attached hydrogens (tertiary/aromatic N) is 2. The van der Waals surface area contributed by atoms with Gasteiger partial charge in [-0.15, -0.1) is 0 Å². The zero-order valence-corrected chi connectivity index (χ0v) is 17.0. The molecule has 0 radical (unpaired) electrons. The molecule has 1 aromatic carbocycles. The normalized spacial score (nSPS) is 17.3. The van der Waals surface area contributed by atoms with Crippen LogP contribution < -0.4 is 14.8 Å². The highest BCUT2D eigenvalue weighted by Crippen LogP contribution is 2.28. The number of guanidine groups is 1. The Hall–Kier alpha value is -1.99. The second-order valence-electron chi connectivity index (χ2n) is 6.49. The fourth-order valence-corrected chi connectivity index (χ4v) is 3.17. The van der Waals surface area contributed by atoms with E-state index in [1.54, 1.807) is 14.2 Å². The number of hydrogen-bond acceptors (Lipinski definition) is 5. The van der Waals surface area contributed by atoms with E-state index in [-0.39, 0.29) is 0 Å². The van der Waals surface area contributed by atoms with Crippen LogP contribution in [0.4, 0.5) is 0 Å². The van der Waals surface area contributed by atoms with E-state index < -0.39 is 0 Å². The highest BCUT2D eigenvalue weighted by Gasteiger charge is 2.24. The van der Waals surface area contributed by atoms with Crippen molar-refractivity contribution in [2.45, 2.75) is 19.9 Å². The maximum Gasteiger partial charge on any atom is 0.193 e. The van der Waals surface area contributed by atoms with Crippen LogP contribution in [-0.2, 0) is 16.0 Å². The summed E-state index contributed by atoms with van der Waals surface area (Å²) in [6.45, 7) is 7.27. The van der Waals surface area contributed by atoms with Gasteiger partial charge in [0.15, 0.2) is 17.5 Å². The largest absolute Gasteiger partial charge is 0.493 e. The highest BCUT2D eigenvalue weighted by molar-refractivity contribution is 5.80. The predicted octanol–water partition coefficient (Wildman–Crippen LogP) is 2.15. The number of aliphatic imine (C=N–C) groups is 1. The average molecular weight is 380 g/mol. The summed E-state index contributed by atoms with van der Waals surface area (Å²) in [4.78, 5) is 6.73. The minimum absolute atomic E-state index is 0.533. The molecule has 0 amide bonds. The van der Waals surface area contributed by atoms with Gasteiger partial charge in [0.1, 0.15) is 0 Å². The summed E-state index contributed by atoms with van der Waals surface area (Å²) in [5.74, 6) is 2.97. The van der Waals surface area contributed by atoms with Crippen molar-refractivity contribution >= 4 is 5.96 Å². The topological polar surface area (TPSA) is 64.6 Å². The van der Waals surface area contributed by atoms with Gasteiger partial charge in [-0.1, -0.05) is 6.07 Å². The number of likely N-dealkylation sites (tertiary alicyclic amines) is 1. The Labute approximate surface area is 162 Å². The van der Waals surface area contributed by atoms with Crippen molar-refractivity contribution in [2.75, 3.05) is 60.8 Å². The van der Waals surface area contributed by atoms with Crippen LogP contribution >= 0.6 is 0 Å². The van der Waals surface area contributed by atoms with Crippen LogP contribution in [0.2, 0.25) is 0 Å². The van der Waals surface area contributed by atoms with E-state index in [0.29, 0.717) is 32.3 Å². The molecule has 0 aromatic heterocycles. The second kappa shape index (κ2) is 11.7. The average Bonchev–Trinajstić information content (AvgIpc) is 3.15. The number of methoxy groups -OCH3 is 2. The van der Waals surface area contributed by atoms with E-state index in [4.69, 9.17) is 18.9 Å². The summed E-state index contributed by atoms with van der Waals surface area (Å²) in [6.07, 6.45) is 1.12. The molecule has 1 saturated heterocycles. The van der Waals surface area contributed by atoms with Gasteiger partial charge in [0.25, 0.3) is 0 Å². The van der Waals surface area contributed by atoms with Crippen LogP contribution in [0, 0.1) is 5.92 Å². The highest BCUT2D eigenvalue weighted by atomic mass is 16.5. The SMILES string of the molecule is CCOc1cc(CNC(=NC)N2CCC(COCCOC)C2)ccc1OC. The molecule has 2 rings (SSSR count). The van der Waals surface area contributed by atoms with E-state index >= 15 is 0 Å². The fraction of sp³-hybridized carbons (Fsp3) is 0.650. The summed E-state index contributed by atoms with van der Waals surface area (Å²) in [5, 5.41) is 3.45. The minimum atomic E-state index is 0.533. The first-order chi connectivity index (χ1) is 13.2. The molecule has 1 aromatic rings. The smallest absolute Gasteiger partial charge is 0.193 e. The number of ether oxygens (including phenoxy) is 4. The van der Waals surface area contributed by atoms with Crippen LogP contribution in [0.15, 0.2) is 23.2 Å². The van der Waals surface area contributed by atoms with E-state index in [0.717, 1.165) is 49.1 Å². The Morgan fingerprint density at radius 1 is 1.26 bits per heavy atom. The van der Waals surface area contributed by atoms with E-state index in [1.807, 2.05) is 32.2 Å². The van der Waals surface area contributed by atoms with E-state index in [1.165, 1.54) is 0 Å². The molecule has 27 heavy (non-hydrogen) atoms. The van der Waals surface area contributed by atoms with Crippen molar-refractivity contribution in [3.63, 3.8) is 0 Å². The Balaban J connectivity index is 1.84. The third-order valence-electron chi connectivity index (χ3n) is 4.56. The van der Waals surface area contributed by atoms with Crippen LogP contribution in [-0.4, -0.2) is 71.6 Å². The predicted molar refractivity (Wildman–Crippen MR) is 107 cm³/mol. The number of benzene rings is 1. The number of rotatable bonds is 10. The van der Waals surface area contributed by atoms with Crippen LogP contribution in [0.1, 0.15) is 18.9 Å². The third-order valence-corrected chi connectivity index (χ3v) is 4.56. The summed E-state index contributed by atoms with van der Waals surface area (Å²) in [6, 6.07) is 5.99. The Kier molecular flexibility index (Phi) is 9.21. The summed E-state index contributed by atoms with van der Waals surface area (Å²) < 4.78 is 21.7. The summed E-state index contributed by atoms with van der Waals surface area (Å²) in [7, 11) is 5.17. The molecule has 1 aliphatic rings. The van der Waals surface area contributed by atoms with E-state index in [2.05, 4.69) is 15.2 Å². The molecule has 7 nitrogen and oxygen atoms in total. The lowest BCUT2D eigenvalue weighted by Gasteiger charge is -2.22. The molecule has 1 heterocycles. The Morgan fingerprint density at radius 3 is 2.81 bits per heavy atom. The molecule has 0 spiro atoms. The lowest BCUT2D eigenvalue weighted by atomic mass is 10.1. The van der Waals surface area contributed by atoms with Gasteiger partial charge < -0.3 is 29.2 Å². The van der Waals surface area contributed by atoms with Crippen molar-refractivity contribution in [1.82, 2.24) is 10.2 Å². The first-order valence-corrected chi connectivity index (χ1v) is 9.53. The molecular weight excluding hydrogens is 346 g/mol. The quantitative estimate of drug-likeness (QED) is 0.382. The molecule has 1 fully saturated rings. The Morgan fingerprint density at radius 2 is 2.11 bits per heavy atom. The molecule has 0 aliphatic carbocycles. The monoisotopic (exact) mass is 379 g/mol. The van der Waals surface area contributed by atoms with Crippen molar-refractivity contribution in [2.24, 2.45) is 10.9 Å². The molecule has 1 unspecified atom stereocenters. The van der Waals surface area contributed by atoms with Crippen LogP contribution in [0.3, 0.4) is 0 Å². The molecule has 0 bridgehead atoms. The van der Waals surface area contributed by atoms with Crippen LogP contribution in [0.5, 0.6) is 11.5 Å². The minimum Gasteiger partial charge on any atom is -0.493 e. The number of nitrogens with one attached hydrogen (secondary N) is 1. The van der Waals surface area contributed by atoms with Crippen LogP contribution in [0.25, 0.3) is 0 Å². The van der Waals surface area contributed by atoms with Gasteiger partial charge in [-0.3, -0.25) is 4.99 Å². The van der Waals surface area contributed by atoms with Crippen molar-refractivity contribution in [1.29, 1.82) is 0 Å². The fourth-order valence-electron chi connectivity index (χ4n) is 3.17. The van der Waals surface area contributed by atoms with Crippen molar-refractivity contribution in [3.05, 3.63) is 23.8 Å². The maximum absolute atomic E-state index is 5.67. The molecular formula is C20H33N3O4. The maximum atomic E-state index is 5.67. The van der Waals surface area contributed by atoms with Gasteiger partial charge in [-0.05, 0) is 31.0 Å².